The predicted octanol–water partition coefficient (Wildman–Crippen LogP) is 4.66. The zero-order chi connectivity index (χ0) is 28.3. The molecule has 1 N–H and O–H groups in total. The van der Waals surface area contributed by atoms with Crippen molar-refractivity contribution in [3.05, 3.63) is 59.7 Å². The maximum atomic E-state index is 13.6. The number of carbonyl (C=O) groups excluding carboxylic acids is 2. The van der Waals surface area contributed by atoms with E-state index in [2.05, 4.69) is 5.32 Å². The van der Waals surface area contributed by atoms with Crippen LogP contribution in [-0.2, 0) is 26.2 Å². The maximum Gasteiger partial charge on any atom is 0.243 e. The second kappa shape index (κ2) is 14.8. The van der Waals surface area contributed by atoms with Crippen molar-refractivity contribution < 1.29 is 22.7 Å². The van der Waals surface area contributed by atoms with Crippen molar-refractivity contribution in [3.63, 3.8) is 0 Å². The summed E-state index contributed by atoms with van der Waals surface area (Å²) in [5, 5.41) is 3.01. The molecule has 2 aromatic rings. The summed E-state index contributed by atoms with van der Waals surface area (Å²) in [7, 11) is -3.62. The Morgan fingerprint density at radius 2 is 1.66 bits per heavy atom. The molecular formula is C29H43N3O5S. The molecule has 8 nitrogen and oxygen atoms in total. The Morgan fingerprint density at radius 3 is 2.24 bits per heavy atom. The van der Waals surface area contributed by atoms with E-state index >= 15 is 0 Å². The van der Waals surface area contributed by atoms with Gasteiger partial charge in [-0.15, -0.1) is 0 Å². The van der Waals surface area contributed by atoms with Gasteiger partial charge in [-0.3, -0.25) is 13.9 Å². The Morgan fingerprint density at radius 1 is 1.00 bits per heavy atom. The van der Waals surface area contributed by atoms with Gasteiger partial charge in [-0.1, -0.05) is 55.8 Å². The Hall–Kier alpha value is -3.07. The zero-order valence-corrected chi connectivity index (χ0v) is 24.4. The standard InChI is InChI=1S/C29H43N3O5S/c1-7-23(5)30-29(34)25(8-2)31(21-24-18-16-22(4)17-19-24)28(33)15-12-20-32(38(6,35)36)26-13-10-11-14-27(26)37-9-3/h10-11,13-14,16-19,23,25H,7-9,12,15,20-21H2,1-6H3,(H,30,34). The van der Waals surface area contributed by atoms with Crippen LogP contribution in [0.15, 0.2) is 48.5 Å². The zero-order valence-electron chi connectivity index (χ0n) is 23.6. The van der Waals surface area contributed by atoms with E-state index in [-0.39, 0.29) is 30.8 Å². The molecule has 0 spiro atoms. The van der Waals surface area contributed by atoms with Crippen molar-refractivity contribution >= 4 is 27.5 Å². The minimum Gasteiger partial charge on any atom is -0.492 e. The van der Waals surface area contributed by atoms with Crippen LogP contribution in [0.1, 0.15) is 64.5 Å². The lowest BCUT2D eigenvalue weighted by atomic mass is 10.1. The number of carbonyl (C=O) groups is 2. The van der Waals surface area contributed by atoms with Crippen molar-refractivity contribution in [2.24, 2.45) is 0 Å². The van der Waals surface area contributed by atoms with Crippen molar-refractivity contribution in [2.45, 2.75) is 78.9 Å². The third-order valence-corrected chi connectivity index (χ3v) is 7.63. The molecule has 0 heterocycles. The number of sulfonamides is 1. The smallest absolute Gasteiger partial charge is 0.243 e. The summed E-state index contributed by atoms with van der Waals surface area (Å²) in [6.45, 7) is 10.5. The number of hydrogen-bond donors (Lipinski definition) is 1. The normalized spacial score (nSPS) is 12.9. The average molecular weight is 546 g/mol. The van der Waals surface area contributed by atoms with Gasteiger partial charge >= 0.3 is 0 Å². The van der Waals surface area contributed by atoms with Gasteiger partial charge in [-0.05, 0) is 57.7 Å². The molecule has 2 rings (SSSR count). The molecule has 0 fully saturated rings. The number of nitrogens with zero attached hydrogens (tertiary/aromatic N) is 2. The molecule has 2 atom stereocenters. The van der Waals surface area contributed by atoms with Gasteiger partial charge in [-0.25, -0.2) is 8.42 Å². The molecule has 2 aromatic carbocycles. The number of para-hydroxylation sites is 2. The fraction of sp³-hybridized carbons (Fsp3) is 0.517. The van der Waals surface area contributed by atoms with Crippen LogP contribution >= 0.6 is 0 Å². The summed E-state index contributed by atoms with van der Waals surface area (Å²) >= 11 is 0. The quantitative estimate of drug-likeness (QED) is 0.351. The SMILES string of the molecule is CCOc1ccccc1N(CCCC(=O)N(Cc1ccc(C)cc1)C(CC)C(=O)NC(C)CC)S(C)(=O)=O. The van der Waals surface area contributed by atoms with Gasteiger partial charge in [0, 0.05) is 25.6 Å². The van der Waals surface area contributed by atoms with E-state index in [1.165, 1.54) is 4.31 Å². The Labute approximate surface area is 228 Å². The summed E-state index contributed by atoms with van der Waals surface area (Å²) < 4.78 is 32.2. The summed E-state index contributed by atoms with van der Waals surface area (Å²) in [4.78, 5) is 28.3. The van der Waals surface area contributed by atoms with Gasteiger partial charge in [0.2, 0.25) is 21.8 Å². The highest BCUT2D eigenvalue weighted by Crippen LogP contribution is 2.30. The summed E-state index contributed by atoms with van der Waals surface area (Å²) in [6.07, 6.45) is 2.80. The summed E-state index contributed by atoms with van der Waals surface area (Å²) in [5.74, 6) is 0.106. The predicted molar refractivity (Wildman–Crippen MR) is 153 cm³/mol. The first-order chi connectivity index (χ1) is 18.0. The monoisotopic (exact) mass is 545 g/mol. The van der Waals surface area contributed by atoms with Gasteiger partial charge in [-0.2, -0.15) is 0 Å². The molecule has 0 radical (unpaired) electrons. The van der Waals surface area contributed by atoms with Crippen molar-refractivity contribution in [2.75, 3.05) is 23.7 Å². The largest absolute Gasteiger partial charge is 0.492 e. The second-order valence-corrected chi connectivity index (χ2v) is 11.5. The van der Waals surface area contributed by atoms with Crippen LogP contribution < -0.4 is 14.4 Å². The second-order valence-electron chi connectivity index (χ2n) is 9.59. The highest BCUT2D eigenvalue weighted by molar-refractivity contribution is 7.92. The van der Waals surface area contributed by atoms with Crippen molar-refractivity contribution in [3.8, 4) is 5.75 Å². The Balaban J connectivity index is 2.25. The molecule has 9 heteroatoms. The molecule has 38 heavy (non-hydrogen) atoms. The molecule has 0 saturated carbocycles. The summed E-state index contributed by atoms with van der Waals surface area (Å²) in [6, 6.07) is 14.2. The first-order valence-corrected chi connectivity index (χ1v) is 15.2. The average Bonchev–Trinajstić information content (AvgIpc) is 2.87. The highest BCUT2D eigenvalue weighted by Gasteiger charge is 2.29. The minimum atomic E-state index is -3.62. The third kappa shape index (κ3) is 9.04. The number of rotatable bonds is 15. The van der Waals surface area contributed by atoms with Gasteiger partial charge in [0.15, 0.2) is 0 Å². The van der Waals surface area contributed by atoms with Crippen LogP contribution in [0.25, 0.3) is 0 Å². The van der Waals surface area contributed by atoms with Crippen LogP contribution in [0.5, 0.6) is 5.75 Å². The van der Waals surface area contributed by atoms with Crippen LogP contribution in [-0.4, -0.2) is 56.6 Å². The molecular weight excluding hydrogens is 502 g/mol. The van der Waals surface area contributed by atoms with E-state index in [1.54, 1.807) is 29.2 Å². The van der Waals surface area contributed by atoms with Crippen LogP contribution in [0.3, 0.4) is 0 Å². The maximum absolute atomic E-state index is 13.6. The molecule has 0 aliphatic carbocycles. The van der Waals surface area contributed by atoms with Crippen LogP contribution in [0, 0.1) is 6.92 Å². The van der Waals surface area contributed by atoms with Crippen LogP contribution in [0.2, 0.25) is 0 Å². The number of benzene rings is 2. The number of nitrogens with one attached hydrogen (secondary N) is 1. The molecule has 0 aliphatic rings. The third-order valence-electron chi connectivity index (χ3n) is 6.45. The van der Waals surface area contributed by atoms with E-state index in [0.29, 0.717) is 37.4 Å². The van der Waals surface area contributed by atoms with E-state index in [1.807, 2.05) is 58.9 Å². The van der Waals surface area contributed by atoms with E-state index < -0.39 is 16.1 Å². The number of anilines is 1. The fourth-order valence-electron chi connectivity index (χ4n) is 4.17. The lowest BCUT2D eigenvalue weighted by Crippen LogP contribution is -2.50. The Kier molecular flexibility index (Phi) is 12.1. The Bertz CT molecular complexity index is 1150. The van der Waals surface area contributed by atoms with Gasteiger partial charge in [0.05, 0.1) is 18.6 Å². The molecule has 0 bridgehead atoms. The minimum absolute atomic E-state index is 0.00149. The number of ether oxygens (including phenoxy) is 1. The van der Waals surface area contributed by atoms with Gasteiger partial charge in [0.1, 0.15) is 11.8 Å². The van der Waals surface area contributed by atoms with E-state index in [0.717, 1.165) is 23.8 Å². The lowest BCUT2D eigenvalue weighted by Gasteiger charge is -2.32. The van der Waals surface area contributed by atoms with E-state index in [4.69, 9.17) is 4.74 Å². The number of hydrogen-bond acceptors (Lipinski definition) is 5. The topological polar surface area (TPSA) is 96.0 Å². The lowest BCUT2D eigenvalue weighted by molar-refractivity contribution is -0.141. The number of aryl methyl sites for hydroxylation is 1. The van der Waals surface area contributed by atoms with Crippen molar-refractivity contribution in [1.82, 2.24) is 10.2 Å². The number of amides is 2. The molecule has 0 aromatic heterocycles. The fourth-order valence-corrected chi connectivity index (χ4v) is 5.14. The highest BCUT2D eigenvalue weighted by atomic mass is 32.2. The first-order valence-electron chi connectivity index (χ1n) is 13.4. The van der Waals surface area contributed by atoms with Gasteiger partial charge in [0.25, 0.3) is 0 Å². The molecule has 2 amide bonds. The summed E-state index contributed by atoms with van der Waals surface area (Å²) in [5.41, 5.74) is 2.49. The first kappa shape index (κ1) is 31.1. The molecule has 2 unspecified atom stereocenters. The molecule has 210 valence electrons. The van der Waals surface area contributed by atoms with E-state index in [9.17, 15) is 18.0 Å². The van der Waals surface area contributed by atoms with Crippen LogP contribution in [0.4, 0.5) is 5.69 Å². The molecule has 0 saturated heterocycles. The molecule has 0 aliphatic heterocycles. The van der Waals surface area contributed by atoms with Crippen molar-refractivity contribution in [1.29, 1.82) is 0 Å². The van der Waals surface area contributed by atoms with Gasteiger partial charge < -0.3 is 15.0 Å².